The van der Waals surface area contributed by atoms with E-state index in [1.807, 2.05) is 6.20 Å². The highest BCUT2D eigenvalue weighted by atomic mass is 16.3. The minimum absolute atomic E-state index is 0.233. The van der Waals surface area contributed by atoms with Crippen LogP contribution in [0.15, 0.2) is 12.4 Å². The van der Waals surface area contributed by atoms with Crippen molar-refractivity contribution in [1.29, 1.82) is 0 Å². The first kappa shape index (κ1) is 5.92. The quantitative estimate of drug-likeness (QED) is 0.608. The molecule has 0 fully saturated rings. The molecule has 3 nitrogen and oxygen atoms in total. The van der Waals surface area contributed by atoms with Crippen LogP contribution in [0.4, 0.5) is 0 Å². The topological polar surface area (TPSA) is 38.0 Å². The van der Waals surface area contributed by atoms with E-state index in [9.17, 15) is 0 Å². The highest BCUT2D eigenvalue weighted by Crippen LogP contribution is 2.24. The van der Waals surface area contributed by atoms with Gasteiger partial charge in [-0.2, -0.15) is 0 Å². The second kappa shape index (κ2) is 2.09. The van der Waals surface area contributed by atoms with Gasteiger partial charge in [-0.25, -0.2) is 4.98 Å². The van der Waals surface area contributed by atoms with Crippen LogP contribution in [0.3, 0.4) is 0 Å². The number of aryl methyl sites for hydroxylation is 1. The summed E-state index contributed by atoms with van der Waals surface area (Å²) in [7, 11) is 0. The maximum Gasteiger partial charge on any atom is 0.114 e. The highest BCUT2D eigenvalue weighted by molar-refractivity contribution is 5.05. The van der Waals surface area contributed by atoms with Crippen LogP contribution in [0.5, 0.6) is 0 Å². The van der Waals surface area contributed by atoms with Gasteiger partial charge < -0.3 is 9.67 Å². The fourth-order valence-corrected chi connectivity index (χ4v) is 1.47. The highest BCUT2D eigenvalue weighted by Gasteiger charge is 2.21. The molecule has 0 radical (unpaired) electrons. The van der Waals surface area contributed by atoms with E-state index in [0.717, 1.165) is 18.8 Å². The lowest BCUT2D eigenvalue weighted by Crippen LogP contribution is -2.00. The molecule has 2 rings (SSSR count). The third-order valence-corrected chi connectivity index (χ3v) is 2.05. The number of imidazole rings is 1. The summed E-state index contributed by atoms with van der Waals surface area (Å²) in [6.45, 7) is 1.25. The summed E-state index contributed by atoms with van der Waals surface area (Å²) >= 11 is 0. The lowest BCUT2D eigenvalue weighted by atomic mass is 10.1. The minimum Gasteiger partial charge on any atom is -0.396 e. The van der Waals surface area contributed by atoms with Crippen LogP contribution in [0, 0.1) is 0 Å². The van der Waals surface area contributed by atoms with Crippen molar-refractivity contribution in [3.63, 3.8) is 0 Å². The van der Waals surface area contributed by atoms with Gasteiger partial charge >= 0.3 is 0 Å². The summed E-state index contributed by atoms with van der Waals surface area (Å²) in [6, 6.07) is 0. The molecule has 0 saturated carbocycles. The molecule has 54 valence electrons. The number of hydrogen-bond donors (Lipinski definition) is 1. The number of fused-ring (bicyclic) bond motifs is 1. The molecule has 0 aliphatic carbocycles. The van der Waals surface area contributed by atoms with Crippen LogP contribution >= 0.6 is 0 Å². The monoisotopic (exact) mass is 138 g/mol. The predicted octanol–water partition coefficient (Wildman–Crippen LogP) is 0.363. The molecular formula is C7H10N2O. The Morgan fingerprint density at radius 2 is 2.70 bits per heavy atom. The van der Waals surface area contributed by atoms with Gasteiger partial charge in [-0.05, 0) is 6.42 Å². The molecule has 1 aromatic heterocycles. The number of aliphatic hydroxyl groups is 1. The molecule has 0 saturated heterocycles. The van der Waals surface area contributed by atoms with Crippen molar-refractivity contribution in [1.82, 2.24) is 9.55 Å². The fraction of sp³-hybridized carbons (Fsp3) is 0.571. The molecule has 1 aliphatic heterocycles. The van der Waals surface area contributed by atoms with Gasteiger partial charge in [0.2, 0.25) is 0 Å². The Morgan fingerprint density at radius 1 is 1.80 bits per heavy atom. The second-order valence-corrected chi connectivity index (χ2v) is 2.65. The molecule has 10 heavy (non-hydrogen) atoms. The number of nitrogens with zero attached hydrogens (tertiary/aromatic N) is 2. The summed E-state index contributed by atoms with van der Waals surface area (Å²) in [4.78, 5) is 4.15. The maximum absolute atomic E-state index is 8.88. The van der Waals surface area contributed by atoms with E-state index in [1.165, 1.54) is 0 Å². The molecule has 1 aliphatic rings. The van der Waals surface area contributed by atoms with Crippen LogP contribution in [-0.4, -0.2) is 21.3 Å². The van der Waals surface area contributed by atoms with E-state index in [0.29, 0.717) is 0 Å². The Hall–Kier alpha value is -0.830. The fourth-order valence-electron chi connectivity index (χ4n) is 1.47. The van der Waals surface area contributed by atoms with Crippen molar-refractivity contribution >= 4 is 0 Å². The zero-order valence-electron chi connectivity index (χ0n) is 5.70. The van der Waals surface area contributed by atoms with Crippen molar-refractivity contribution in [2.45, 2.75) is 18.9 Å². The van der Waals surface area contributed by atoms with Gasteiger partial charge in [-0.3, -0.25) is 0 Å². The molecule has 1 atom stereocenters. The Kier molecular flexibility index (Phi) is 1.24. The van der Waals surface area contributed by atoms with Gasteiger partial charge in [0.05, 0.1) is 6.61 Å². The van der Waals surface area contributed by atoms with Crippen molar-refractivity contribution in [3.8, 4) is 0 Å². The van der Waals surface area contributed by atoms with Gasteiger partial charge in [0, 0.05) is 24.9 Å². The summed E-state index contributed by atoms with van der Waals surface area (Å²) in [5.74, 6) is 1.33. The Bertz CT molecular complexity index is 231. The lowest BCUT2D eigenvalue weighted by molar-refractivity contribution is 0.263. The van der Waals surface area contributed by atoms with Crippen LogP contribution in [0.2, 0.25) is 0 Å². The average molecular weight is 138 g/mol. The molecule has 2 heterocycles. The molecule has 0 spiro atoms. The van der Waals surface area contributed by atoms with E-state index in [4.69, 9.17) is 5.11 Å². The molecule has 0 bridgehead atoms. The summed E-state index contributed by atoms with van der Waals surface area (Å²) in [5, 5.41) is 8.88. The SMILES string of the molecule is OCC1CCn2ccnc21. The molecule has 0 amide bonds. The predicted molar refractivity (Wildman–Crippen MR) is 36.7 cm³/mol. The van der Waals surface area contributed by atoms with E-state index < -0.39 is 0 Å². The van der Waals surface area contributed by atoms with E-state index >= 15 is 0 Å². The summed E-state index contributed by atoms with van der Waals surface area (Å²) < 4.78 is 2.10. The molecule has 3 heteroatoms. The first-order chi connectivity index (χ1) is 4.92. The number of aliphatic hydroxyl groups excluding tert-OH is 1. The number of aromatic nitrogens is 2. The van der Waals surface area contributed by atoms with Crippen LogP contribution in [-0.2, 0) is 6.54 Å². The molecule has 1 N–H and O–H groups in total. The Balaban J connectivity index is 2.34. The summed E-state index contributed by atoms with van der Waals surface area (Å²) in [5.41, 5.74) is 0. The normalized spacial score (nSPS) is 23.1. The molecule has 1 unspecified atom stereocenters. The molecular weight excluding hydrogens is 128 g/mol. The minimum atomic E-state index is 0.233. The Morgan fingerprint density at radius 3 is 3.50 bits per heavy atom. The zero-order valence-corrected chi connectivity index (χ0v) is 5.70. The molecule has 1 aromatic rings. The third kappa shape index (κ3) is 0.671. The van der Waals surface area contributed by atoms with Crippen LogP contribution < -0.4 is 0 Å². The van der Waals surface area contributed by atoms with E-state index in [1.54, 1.807) is 6.20 Å². The number of rotatable bonds is 1. The van der Waals surface area contributed by atoms with Crippen molar-refractivity contribution in [3.05, 3.63) is 18.2 Å². The van der Waals surface area contributed by atoms with Gasteiger partial charge in [0.25, 0.3) is 0 Å². The van der Waals surface area contributed by atoms with Gasteiger partial charge in [-0.1, -0.05) is 0 Å². The van der Waals surface area contributed by atoms with Crippen molar-refractivity contribution in [2.75, 3.05) is 6.61 Å². The van der Waals surface area contributed by atoms with Crippen LogP contribution in [0.25, 0.3) is 0 Å². The van der Waals surface area contributed by atoms with E-state index in [2.05, 4.69) is 9.55 Å². The van der Waals surface area contributed by atoms with Gasteiger partial charge in [0.1, 0.15) is 5.82 Å². The largest absolute Gasteiger partial charge is 0.396 e. The van der Waals surface area contributed by atoms with Crippen molar-refractivity contribution in [2.24, 2.45) is 0 Å². The van der Waals surface area contributed by atoms with Crippen LogP contribution in [0.1, 0.15) is 18.2 Å². The smallest absolute Gasteiger partial charge is 0.114 e. The second-order valence-electron chi connectivity index (χ2n) is 2.65. The maximum atomic E-state index is 8.88. The first-order valence-corrected chi connectivity index (χ1v) is 3.53. The van der Waals surface area contributed by atoms with E-state index in [-0.39, 0.29) is 12.5 Å². The number of hydrogen-bond acceptors (Lipinski definition) is 2. The Labute approximate surface area is 59.3 Å². The average Bonchev–Trinajstić information content (AvgIpc) is 2.44. The van der Waals surface area contributed by atoms with Gasteiger partial charge in [-0.15, -0.1) is 0 Å². The first-order valence-electron chi connectivity index (χ1n) is 3.53. The van der Waals surface area contributed by atoms with Crippen molar-refractivity contribution < 1.29 is 5.11 Å². The standard InChI is InChI=1S/C7H10N2O/c10-5-6-1-3-9-4-2-8-7(6)9/h2,4,6,10H,1,3,5H2. The van der Waals surface area contributed by atoms with Gasteiger partial charge in [0.15, 0.2) is 0 Å². The summed E-state index contributed by atoms with van der Waals surface area (Å²) in [6.07, 6.45) is 4.79. The zero-order chi connectivity index (χ0) is 6.97. The lowest BCUT2D eigenvalue weighted by Gasteiger charge is -2.00. The molecule has 0 aromatic carbocycles. The third-order valence-electron chi connectivity index (χ3n) is 2.05.